The Morgan fingerprint density at radius 3 is 2.30 bits per heavy atom. The number of hydrogen-bond acceptors (Lipinski definition) is 3. The maximum atomic E-state index is 3.39. The second-order valence-electron chi connectivity index (χ2n) is 2.09. The molecule has 0 aromatic carbocycles. The van der Waals surface area contributed by atoms with Crippen LogP contribution in [0.25, 0.3) is 0 Å². The fraction of sp³-hybridized carbons (Fsp3) is 1.00. The van der Waals surface area contributed by atoms with E-state index < -0.39 is 0 Å². The number of nitrogens with one attached hydrogen (secondary N) is 1. The smallest absolute Gasteiger partial charge is 0.00553 e. The number of thioether (sulfide) groups is 2. The Bertz CT molecular complexity index is 51.6. The highest BCUT2D eigenvalue weighted by Gasteiger charge is 1.85. The summed E-state index contributed by atoms with van der Waals surface area (Å²) >= 11 is 3.82. The lowest BCUT2D eigenvalue weighted by atomic mass is 10.5. The molecule has 62 valence electrons. The summed E-state index contributed by atoms with van der Waals surface area (Å²) in [6, 6.07) is 0. The molecule has 0 aliphatic heterocycles. The first-order valence-electron chi connectivity index (χ1n) is 3.60. The van der Waals surface area contributed by atoms with Gasteiger partial charge in [0.1, 0.15) is 0 Å². The zero-order valence-corrected chi connectivity index (χ0v) is 8.49. The molecule has 0 bridgehead atoms. The van der Waals surface area contributed by atoms with Crippen molar-refractivity contribution in [1.82, 2.24) is 5.32 Å². The van der Waals surface area contributed by atoms with Crippen LogP contribution in [0.4, 0.5) is 0 Å². The predicted octanol–water partition coefficient (Wildman–Crippen LogP) is 1.69. The van der Waals surface area contributed by atoms with Crippen molar-refractivity contribution in [3.63, 3.8) is 0 Å². The second kappa shape index (κ2) is 9.66. The molecule has 1 N–H and O–H groups in total. The lowest BCUT2D eigenvalue weighted by molar-refractivity contribution is 0.712. The molecule has 10 heavy (non-hydrogen) atoms. The quantitative estimate of drug-likeness (QED) is 0.597. The summed E-state index contributed by atoms with van der Waals surface area (Å²) in [5.41, 5.74) is 0. The van der Waals surface area contributed by atoms with Gasteiger partial charge in [-0.25, -0.2) is 0 Å². The van der Waals surface area contributed by atoms with Gasteiger partial charge in [-0.3, -0.25) is 0 Å². The van der Waals surface area contributed by atoms with Crippen LogP contribution < -0.4 is 5.32 Å². The fourth-order valence-corrected chi connectivity index (χ4v) is 1.42. The third-order valence-corrected chi connectivity index (χ3v) is 2.49. The molecule has 0 rings (SSSR count). The second-order valence-corrected chi connectivity index (χ2v) is 4.06. The fourth-order valence-electron chi connectivity index (χ4n) is 0.641. The van der Waals surface area contributed by atoms with E-state index in [9.17, 15) is 0 Å². The van der Waals surface area contributed by atoms with E-state index in [0.29, 0.717) is 0 Å². The molecule has 0 amide bonds. The van der Waals surface area contributed by atoms with Gasteiger partial charge in [0, 0.05) is 12.3 Å². The number of hydrogen-bond donors (Lipinski definition) is 1. The molecule has 0 spiro atoms. The summed E-state index contributed by atoms with van der Waals surface area (Å²) < 4.78 is 0. The van der Waals surface area contributed by atoms with Crippen molar-refractivity contribution in [2.24, 2.45) is 0 Å². The van der Waals surface area contributed by atoms with Crippen molar-refractivity contribution in [3.8, 4) is 0 Å². The maximum absolute atomic E-state index is 3.39. The summed E-state index contributed by atoms with van der Waals surface area (Å²) in [7, 11) is 0. The Balaban J connectivity index is 2.65. The monoisotopic (exact) mass is 179 g/mol. The van der Waals surface area contributed by atoms with Gasteiger partial charge in [0.05, 0.1) is 0 Å². The van der Waals surface area contributed by atoms with Gasteiger partial charge >= 0.3 is 0 Å². The molecule has 0 saturated carbocycles. The van der Waals surface area contributed by atoms with E-state index in [-0.39, 0.29) is 0 Å². The van der Waals surface area contributed by atoms with Crippen molar-refractivity contribution in [2.45, 2.75) is 6.42 Å². The molecule has 0 aliphatic rings. The SMILES string of the molecule is CSCCCNCCSC. The molecule has 3 heteroatoms. The van der Waals surface area contributed by atoms with E-state index in [0.717, 1.165) is 6.54 Å². The van der Waals surface area contributed by atoms with Gasteiger partial charge in [-0.2, -0.15) is 23.5 Å². The van der Waals surface area contributed by atoms with Gasteiger partial charge in [-0.15, -0.1) is 0 Å². The Hall–Kier alpha value is 0.660. The molecule has 0 atom stereocenters. The summed E-state index contributed by atoms with van der Waals surface area (Å²) in [5, 5.41) is 3.39. The van der Waals surface area contributed by atoms with Crippen molar-refractivity contribution >= 4 is 23.5 Å². The highest BCUT2D eigenvalue weighted by Crippen LogP contribution is 1.93. The number of rotatable bonds is 7. The standard InChI is InChI=1S/C7H17NS2/c1-9-6-3-4-8-5-7-10-2/h8H,3-7H2,1-2H3. The third-order valence-electron chi connectivity index (χ3n) is 1.18. The Morgan fingerprint density at radius 2 is 1.70 bits per heavy atom. The summed E-state index contributed by atoms with van der Waals surface area (Å²) in [6.45, 7) is 2.34. The third kappa shape index (κ3) is 8.66. The lowest BCUT2D eigenvalue weighted by Crippen LogP contribution is -2.18. The normalized spacial score (nSPS) is 10.2. The Labute approximate surface area is 72.7 Å². The van der Waals surface area contributed by atoms with Crippen molar-refractivity contribution in [3.05, 3.63) is 0 Å². The molecule has 0 heterocycles. The zero-order chi connectivity index (χ0) is 7.66. The zero-order valence-electron chi connectivity index (χ0n) is 6.85. The highest BCUT2D eigenvalue weighted by atomic mass is 32.2. The van der Waals surface area contributed by atoms with Gasteiger partial charge in [-0.1, -0.05) is 0 Å². The maximum Gasteiger partial charge on any atom is 0.00553 e. The molecule has 0 radical (unpaired) electrons. The first-order chi connectivity index (χ1) is 4.91. The van der Waals surface area contributed by atoms with E-state index in [1.54, 1.807) is 0 Å². The molecule has 0 aliphatic carbocycles. The van der Waals surface area contributed by atoms with Crippen LogP contribution in [0.5, 0.6) is 0 Å². The van der Waals surface area contributed by atoms with E-state index in [1.807, 2.05) is 23.5 Å². The van der Waals surface area contributed by atoms with Crippen LogP contribution in [-0.4, -0.2) is 37.1 Å². The highest BCUT2D eigenvalue weighted by molar-refractivity contribution is 7.98. The average Bonchev–Trinajstić information content (AvgIpc) is 1.97. The van der Waals surface area contributed by atoms with Gasteiger partial charge in [0.2, 0.25) is 0 Å². The Kier molecular flexibility index (Phi) is 10.3. The van der Waals surface area contributed by atoms with E-state index in [1.165, 1.54) is 24.5 Å². The van der Waals surface area contributed by atoms with E-state index in [4.69, 9.17) is 0 Å². The van der Waals surface area contributed by atoms with Crippen LogP contribution >= 0.6 is 23.5 Å². The Morgan fingerprint density at radius 1 is 1.00 bits per heavy atom. The van der Waals surface area contributed by atoms with Crippen LogP contribution in [0, 0.1) is 0 Å². The molecule has 0 fully saturated rings. The molecule has 0 aromatic rings. The minimum Gasteiger partial charge on any atom is -0.316 e. The molecule has 1 nitrogen and oxygen atoms in total. The summed E-state index contributed by atoms with van der Waals surface area (Å²) in [4.78, 5) is 0. The lowest BCUT2D eigenvalue weighted by Gasteiger charge is -2.00. The van der Waals surface area contributed by atoms with E-state index >= 15 is 0 Å². The first kappa shape index (κ1) is 10.7. The summed E-state index contributed by atoms with van der Waals surface area (Å²) in [5.74, 6) is 2.52. The minimum atomic E-state index is 1.16. The van der Waals surface area contributed by atoms with Crippen molar-refractivity contribution < 1.29 is 0 Å². The van der Waals surface area contributed by atoms with Gasteiger partial charge < -0.3 is 5.32 Å². The van der Waals surface area contributed by atoms with Crippen molar-refractivity contribution in [2.75, 3.05) is 37.1 Å². The molecular formula is C7H17NS2. The topological polar surface area (TPSA) is 12.0 Å². The van der Waals surface area contributed by atoms with Gasteiger partial charge in [0.25, 0.3) is 0 Å². The van der Waals surface area contributed by atoms with Crippen molar-refractivity contribution in [1.29, 1.82) is 0 Å². The molecular weight excluding hydrogens is 162 g/mol. The summed E-state index contributed by atoms with van der Waals surface area (Å²) in [6.07, 6.45) is 5.60. The average molecular weight is 179 g/mol. The first-order valence-corrected chi connectivity index (χ1v) is 6.39. The molecule has 0 aromatic heterocycles. The largest absolute Gasteiger partial charge is 0.316 e. The van der Waals surface area contributed by atoms with Crippen LogP contribution in [0.3, 0.4) is 0 Å². The van der Waals surface area contributed by atoms with Crippen LogP contribution in [0.1, 0.15) is 6.42 Å². The van der Waals surface area contributed by atoms with Crippen LogP contribution in [0.2, 0.25) is 0 Å². The van der Waals surface area contributed by atoms with Gasteiger partial charge in [-0.05, 0) is 31.2 Å². The predicted molar refractivity (Wildman–Crippen MR) is 54.3 cm³/mol. The minimum absolute atomic E-state index is 1.16. The van der Waals surface area contributed by atoms with Crippen LogP contribution in [0.15, 0.2) is 0 Å². The van der Waals surface area contributed by atoms with Crippen LogP contribution in [-0.2, 0) is 0 Å². The molecule has 0 saturated heterocycles. The van der Waals surface area contributed by atoms with Gasteiger partial charge in [0.15, 0.2) is 0 Å². The molecule has 0 unspecified atom stereocenters. The van der Waals surface area contributed by atoms with E-state index in [2.05, 4.69) is 17.8 Å².